The summed E-state index contributed by atoms with van der Waals surface area (Å²) in [5, 5.41) is 3.60. The molecule has 1 amide bonds. The maximum absolute atomic E-state index is 12.7. The fraction of sp³-hybridized carbons (Fsp3) is 0.600. The summed E-state index contributed by atoms with van der Waals surface area (Å²) < 4.78 is 0. The van der Waals surface area contributed by atoms with E-state index in [1.54, 1.807) is 0 Å². The summed E-state index contributed by atoms with van der Waals surface area (Å²) in [6, 6.07) is 4.53. The average molecular weight is 342 g/mol. The highest BCUT2D eigenvalue weighted by Gasteiger charge is 2.26. The second kappa shape index (κ2) is 8.37. The third-order valence-corrected chi connectivity index (χ3v) is 5.23. The lowest BCUT2D eigenvalue weighted by Gasteiger charge is -2.27. The van der Waals surface area contributed by atoms with Crippen LogP contribution >= 0.6 is 0 Å². The van der Waals surface area contributed by atoms with E-state index in [0.717, 1.165) is 63.1 Å². The van der Waals surface area contributed by atoms with Gasteiger partial charge in [-0.25, -0.2) is 4.98 Å². The Labute approximate surface area is 151 Å². The molecule has 5 nitrogen and oxygen atoms in total. The van der Waals surface area contributed by atoms with Crippen molar-refractivity contribution in [1.82, 2.24) is 9.88 Å². The smallest absolute Gasteiger partial charge is 0.226 e. The SMILES string of the molecule is CN(C)c1ccc(NC2CCCN(C(=O)C3CC=CCC3)CC2)cn1. The molecule has 0 radical (unpaired) electrons. The number of allylic oxidation sites excluding steroid dienone is 2. The molecule has 1 N–H and O–H groups in total. The number of hydrogen-bond acceptors (Lipinski definition) is 4. The molecule has 1 aliphatic heterocycles. The Morgan fingerprint density at radius 1 is 1.20 bits per heavy atom. The number of nitrogens with zero attached hydrogens (tertiary/aromatic N) is 3. The van der Waals surface area contributed by atoms with Crippen LogP contribution in [0, 0.1) is 5.92 Å². The summed E-state index contributed by atoms with van der Waals surface area (Å²) in [6.07, 6.45) is 12.4. The number of nitrogens with one attached hydrogen (secondary N) is 1. The van der Waals surface area contributed by atoms with Crippen LogP contribution in [0.2, 0.25) is 0 Å². The van der Waals surface area contributed by atoms with Crippen molar-refractivity contribution in [3.8, 4) is 0 Å². The van der Waals surface area contributed by atoms with Crippen LogP contribution in [0.5, 0.6) is 0 Å². The molecule has 0 bridgehead atoms. The Kier molecular flexibility index (Phi) is 5.95. The van der Waals surface area contributed by atoms with Gasteiger partial charge < -0.3 is 15.1 Å². The van der Waals surface area contributed by atoms with Gasteiger partial charge >= 0.3 is 0 Å². The summed E-state index contributed by atoms with van der Waals surface area (Å²) in [7, 11) is 3.99. The Morgan fingerprint density at radius 2 is 2.08 bits per heavy atom. The third kappa shape index (κ3) is 4.74. The second-order valence-electron chi connectivity index (χ2n) is 7.38. The van der Waals surface area contributed by atoms with Gasteiger partial charge in [0.15, 0.2) is 0 Å². The first-order chi connectivity index (χ1) is 12.1. The van der Waals surface area contributed by atoms with Crippen LogP contribution in [0.15, 0.2) is 30.5 Å². The van der Waals surface area contributed by atoms with Gasteiger partial charge in [-0.2, -0.15) is 0 Å². The van der Waals surface area contributed by atoms with Crippen LogP contribution < -0.4 is 10.2 Å². The third-order valence-electron chi connectivity index (χ3n) is 5.23. The van der Waals surface area contributed by atoms with E-state index in [1.165, 1.54) is 0 Å². The molecule has 2 aliphatic rings. The fourth-order valence-corrected chi connectivity index (χ4v) is 3.71. The van der Waals surface area contributed by atoms with E-state index in [4.69, 9.17) is 0 Å². The lowest BCUT2D eigenvalue weighted by Crippen LogP contribution is -2.37. The van der Waals surface area contributed by atoms with Gasteiger partial charge in [0, 0.05) is 39.1 Å². The number of carbonyl (C=O) groups excluding carboxylic acids is 1. The number of anilines is 2. The summed E-state index contributed by atoms with van der Waals surface area (Å²) in [4.78, 5) is 21.3. The standard InChI is InChI=1S/C20H30N4O/c1-23(2)19-11-10-18(15-21-19)22-17-9-6-13-24(14-12-17)20(25)16-7-4-3-5-8-16/h3-4,10-11,15-17,22H,5-9,12-14H2,1-2H3. The maximum atomic E-state index is 12.7. The van der Waals surface area contributed by atoms with Gasteiger partial charge in [-0.15, -0.1) is 0 Å². The molecule has 1 saturated heterocycles. The van der Waals surface area contributed by atoms with Crippen LogP contribution in [0.4, 0.5) is 11.5 Å². The van der Waals surface area contributed by atoms with E-state index in [-0.39, 0.29) is 5.92 Å². The van der Waals surface area contributed by atoms with Gasteiger partial charge in [-0.1, -0.05) is 12.2 Å². The van der Waals surface area contributed by atoms with E-state index in [0.29, 0.717) is 11.9 Å². The molecule has 0 spiro atoms. The number of hydrogen-bond donors (Lipinski definition) is 1. The highest BCUT2D eigenvalue weighted by molar-refractivity contribution is 5.79. The molecule has 5 heteroatoms. The quantitative estimate of drug-likeness (QED) is 0.853. The first-order valence-electron chi connectivity index (χ1n) is 9.47. The van der Waals surface area contributed by atoms with Crippen LogP contribution in [-0.4, -0.2) is 49.0 Å². The molecule has 1 aliphatic carbocycles. The van der Waals surface area contributed by atoms with E-state index in [9.17, 15) is 4.79 Å². The first kappa shape index (κ1) is 17.8. The predicted molar refractivity (Wildman–Crippen MR) is 103 cm³/mol. The minimum Gasteiger partial charge on any atom is -0.381 e. The van der Waals surface area contributed by atoms with Crippen molar-refractivity contribution in [2.45, 2.75) is 44.6 Å². The topological polar surface area (TPSA) is 48.5 Å². The van der Waals surface area contributed by atoms with Crippen LogP contribution in [0.1, 0.15) is 38.5 Å². The van der Waals surface area contributed by atoms with E-state index >= 15 is 0 Å². The predicted octanol–water partition coefficient (Wildman–Crippen LogP) is 3.30. The highest BCUT2D eigenvalue weighted by atomic mass is 16.2. The lowest BCUT2D eigenvalue weighted by molar-refractivity contribution is -0.135. The summed E-state index contributed by atoms with van der Waals surface area (Å²) in [5.74, 6) is 1.53. The molecule has 1 fully saturated rings. The zero-order chi connectivity index (χ0) is 17.6. The van der Waals surface area contributed by atoms with Crippen molar-refractivity contribution >= 4 is 17.4 Å². The Morgan fingerprint density at radius 3 is 2.76 bits per heavy atom. The number of pyridine rings is 1. The summed E-state index contributed by atoms with van der Waals surface area (Å²) >= 11 is 0. The molecule has 1 aromatic heterocycles. The monoisotopic (exact) mass is 342 g/mol. The molecule has 25 heavy (non-hydrogen) atoms. The summed E-state index contributed by atoms with van der Waals surface area (Å²) in [5.41, 5.74) is 1.06. The Hall–Kier alpha value is -2.04. The minimum atomic E-state index is 0.206. The largest absolute Gasteiger partial charge is 0.381 e. The van der Waals surface area contributed by atoms with E-state index < -0.39 is 0 Å². The van der Waals surface area contributed by atoms with Gasteiger partial charge in [-0.3, -0.25) is 4.79 Å². The van der Waals surface area contributed by atoms with Crippen molar-refractivity contribution < 1.29 is 4.79 Å². The molecular formula is C20H30N4O. The molecule has 136 valence electrons. The molecule has 2 atom stereocenters. The van der Waals surface area contributed by atoms with Gasteiger partial charge in [0.2, 0.25) is 5.91 Å². The van der Waals surface area contributed by atoms with Crippen molar-refractivity contribution in [1.29, 1.82) is 0 Å². The van der Waals surface area contributed by atoms with Crippen molar-refractivity contribution in [2.24, 2.45) is 5.92 Å². The zero-order valence-corrected chi connectivity index (χ0v) is 15.4. The fourth-order valence-electron chi connectivity index (χ4n) is 3.71. The minimum absolute atomic E-state index is 0.206. The van der Waals surface area contributed by atoms with Gasteiger partial charge in [0.1, 0.15) is 5.82 Å². The van der Waals surface area contributed by atoms with E-state index in [1.807, 2.05) is 31.3 Å². The van der Waals surface area contributed by atoms with Crippen LogP contribution in [0.25, 0.3) is 0 Å². The van der Waals surface area contributed by atoms with Crippen molar-refractivity contribution in [3.63, 3.8) is 0 Å². The number of amides is 1. The average Bonchev–Trinajstić information content (AvgIpc) is 2.88. The molecular weight excluding hydrogens is 312 g/mol. The molecule has 0 saturated carbocycles. The molecule has 0 aromatic carbocycles. The number of rotatable bonds is 4. The Bertz CT molecular complexity index is 596. The van der Waals surface area contributed by atoms with Crippen LogP contribution in [-0.2, 0) is 4.79 Å². The number of aromatic nitrogens is 1. The second-order valence-corrected chi connectivity index (χ2v) is 7.38. The van der Waals surface area contributed by atoms with Gasteiger partial charge in [-0.05, 0) is 50.7 Å². The number of carbonyl (C=O) groups is 1. The van der Waals surface area contributed by atoms with Crippen molar-refractivity contribution in [2.75, 3.05) is 37.4 Å². The molecule has 1 aromatic rings. The van der Waals surface area contributed by atoms with Gasteiger partial charge in [0.05, 0.1) is 11.9 Å². The molecule has 2 unspecified atom stereocenters. The van der Waals surface area contributed by atoms with Crippen LogP contribution in [0.3, 0.4) is 0 Å². The molecule has 2 heterocycles. The Balaban J connectivity index is 1.52. The lowest BCUT2D eigenvalue weighted by atomic mass is 9.93. The maximum Gasteiger partial charge on any atom is 0.226 e. The van der Waals surface area contributed by atoms with Gasteiger partial charge in [0.25, 0.3) is 0 Å². The molecule has 3 rings (SSSR count). The highest BCUT2D eigenvalue weighted by Crippen LogP contribution is 2.23. The number of likely N-dealkylation sites (tertiary alicyclic amines) is 1. The normalized spacial score (nSPS) is 23.8. The van der Waals surface area contributed by atoms with E-state index in [2.05, 4.69) is 33.4 Å². The van der Waals surface area contributed by atoms with Crippen molar-refractivity contribution in [3.05, 3.63) is 30.5 Å². The summed E-state index contributed by atoms with van der Waals surface area (Å²) in [6.45, 7) is 1.76. The first-order valence-corrected chi connectivity index (χ1v) is 9.47. The zero-order valence-electron chi connectivity index (χ0n) is 15.4.